The number of carbonyl (C=O) groups excluding carboxylic acids is 2. The van der Waals surface area contributed by atoms with Crippen LogP contribution in [0.5, 0.6) is 0 Å². The van der Waals surface area contributed by atoms with Gasteiger partial charge in [-0.3, -0.25) is 4.79 Å². The minimum absolute atomic E-state index is 0.0318. The molecule has 0 saturated carbocycles. The fraction of sp³-hybridized carbons (Fsp3) is 0.625. The molecule has 122 valence electrons. The van der Waals surface area contributed by atoms with E-state index in [1.165, 1.54) is 18.4 Å². The number of nitrogens with zero attached hydrogens (tertiary/aromatic N) is 1. The summed E-state index contributed by atoms with van der Waals surface area (Å²) >= 11 is 1.46. The van der Waals surface area contributed by atoms with Gasteiger partial charge in [-0.25, -0.2) is 4.79 Å². The van der Waals surface area contributed by atoms with Crippen LogP contribution in [-0.2, 0) is 14.9 Å². The summed E-state index contributed by atoms with van der Waals surface area (Å²) in [5.41, 5.74) is 0.750. The number of piperidine rings is 1. The van der Waals surface area contributed by atoms with E-state index < -0.39 is 0 Å². The molecule has 1 fully saturated rings. The van der Waals surface area contributed by atoms with Crippen LogP contribution in [0, 0.1) is 0 Å². The van der Waals surface area contributed by atoms with Crippen LogP contribution in [0.15, 0.2) is 6.07 Å². The quantitative estimate of drug-likeness (QED) is 0.869. The van der Waals surface area contributed by atoms with Crippen molar-refractivity contribution >= 4 is 28.9 Å². The lowest BCUT2D eigenvalue weighted by Crippen LogP contribution is -2.41. The summed E-state index contributed by atoms with van der Waals surface area (Å²) in [6.45, 7) is 7.08. The Morgan fingerprint density at radius 1 is 1.45 bits per heavy atom. The first kappa shape index (κ1) is 16.8. The van der Waals surface area contributed by atoms with E-state index in [4.69, 9.17) is 4.74 Å². The largest absolute Gasteiger partial charge is 0.465 e. The van der Waals surface area contributed by atoms with Crippen molar-refractivity contribution in [2.45, 2.75) is 45.1 Å². The fourth-order valence-electron chi connectivity index (χ4n) is 2.40. The Morgan fingerprint density at radius 3 is 2.68 bits per heavy atom. The van der Waals surface area contributed by atoms with Gasteiger partial charge in [-0.2, -0.15) is 0 Å². The molecular weight excluding hydrogens is 300 g/mol. The molecule has 2 heterocycles. The molecule has 1 aliphatic rings. The normalized spacial score (nSPS) is 19.2. The SMILES string of the molecule is COC(=O)c1sc(C(C)(C)C)cc1NC1CCN(C)C(=O)C1. The third kappa shape index (κ3) is 3.61. The number of hydrogen-bond donors (Lipinski definition) is 1. The number of thiophene rings is 1. The van der Waals surface area contributed by atoms with E-state index in [1.54, 1.807) is 4.90 Å². The van der Waals surface area contributed by atoms with Gasteiger partial charge in [-0.05, 0) is 17.9 Å². The summed E-state index contributed by atoms with van der Waals surface area (Å²) in [4.78, 5) is 27.3. The van der Waals surface area contributed by atoms with E-state index in [2.05, 4.69) is 26.1 Å². The van der Waals surface area contributed by atoms with E-state index in [0.717, 1.165) is 23.5 Å². The monoisotopic (exact) mass is 324 g/mol. The molecule has 1 aromatic rings. The molecule has 1 saturated heterocycles. The highest BCUT2D eigenvalue weighted by Crippen LogP contribution is 2.36. The van der Waals surface area contributed by atoms with Gasteiger partial charge in [0.15, 0.2) is 0 Å². The van der Waals surface area contributed by atoms with Crippen molar-refractivity contribution < 1.29 is 14.3 Å². The Balaban J connectivity index is 2.24. The molecule has 0 radical (unpaired) electrons. The van der Waals surface area contributed by atoms with Gasteiger partial charge in [-0.1, -0.05) is 20.8 Å². The van der Waals surface area contributed by atoms with Gasteiger partial charge in [0.2, 0.25) is 5.91 Å². The first-order chi connectivity index (χ1) is 10.2. The van der Waals surface area contributed by atoms with Crippen LogP contribution >= 0.6 is 11.3 Å². The Morgan fingerprint density at radius 2 is 2.14 bits per heavy atom. The number of hydrogen-bond acceptors (Lipinski definition) is 5. The molecule has 1 amide bonds. The minimum atomic E-state index is -0.331. The highest BCUT2D eigenvalue weighted by molar-refractivity contribution is 7.14. The van der Waals surface area contributed by atoms with Crippen molar-refractivity contribution in [2.75, 3.05) is 26.0 Å². The predicted molar refractivity (Wildman–Crippen MR) is 88.6 cm³/mol. The van der Waals surface area contributed by atoms with E-state index >= 15 is 0 Å². The van der Waals surface area contributed by atoms with Gasteiger partial charge < -0.3 is 15.0 Å². The third-order valence-corrected chi connectivity index (χ3v) is 5.40. The highest BCUT2D eigenvalue weighted by atomic mass is 32.1. The second-order valence-electron chi connectivity index (χ2n) is 6.74. The third-order valence-electron chi connectivity index (χ3n) is 3.86. The molecule has 0 spiro atoms. The zero-order valence-corrected chi connectivity index (χ0v) is 14.7. The van der Waals surface area contributed by atoms with Crippen molar-refractivity contribution in [3.05, 3.63) is 15.8 Å². The molecule has 1 aliphatic heterocycles. The molecule has 0 bridgehead atoms. The predicted octanol–water partition coefficient (Wildman–Crippen LogP) is 2.86. The average molecular weight is 324 g/mol. The van der Waals surface area contributed by atoms with Crippen LogP contribution < -0.4 is 5.32 Å². The van der Waals surface area contributed by atoms with Gasteiger partial charge in [0.25, 0.3) is 0 Å². The lowest BCUT2D eigenvalue weighted by molar-refractivity contribution is -0.132. The maximum atomic E-state index is 12.0. The fourth-order valence-corrected chi connectivity index (χ4v) is 3.50. The number of nitrogens with one attached hydrogen (secondary N) is 1. The molecule has 22 heavy (non-hydrogen) atoms. The van der Waals surface area contributed by atoms with E-state index in [-0.39, 0.29) is 23.3 Å². The van der Waals surface area contributed by atoms with Crippen LogP contribution in [0.2, 0.25) is 0 Å². The molecule has 0 aliphatic carbocycles. The molecule has 1 N–H and O–H groups in total. The molecule has 5 nitrogen and oxygen atoms in total. The summed E-state index contributed by atoms with van der Waals surface area (Å²) in [6, 6.07) is 2.08. The number of rotatable bonds is 3. The van der Waals surface area contributed by atoms with Crippen molar-refractivity contribution in [3.63, 3.8) is 0 Å². The standard InChI is InChI=1S/C16H24N2O3S/c1-16(2,3)12-9-11(14(22-12)15(20)21-5)17-10-6-7-18(4)13(19)8-10/h9-10,17H,6-8H2,1-5H3. The summed E-state index contributed by atoms with van der Waals surface area (Å²) in [5, 5.41) is 3.37. The van der Waals surface area contributed by atoms with E-state index in [1.807, 2.05) is 13.1 Å². The number of esters is 1. The molecule has 0 aromatic carbocycles. The zero-order valence-electron chi connectivity index (χ0n) is 13.9. The number of carbonyl (C=O) groups is 2. The second kappa shape index (κ2) is 6.28. The average Bonchev–Trinajstić information content (AvgIpc) is 2.86. The first-order valence-corrected chi connectivity index (χ1v) is 8.27. The number of amides is 1. The Bertz CT molecular complexity index is 574. The maximum Gasteiger partial charge on any atom is 0.350 e. The first-order valence-electron chi connectivity index (χ1n) is 7.45. The second-order valence-corrected chi connectivity index (χ2v) is 7.80. The Labute approximate surface area is 135 Å². The van der Waals surface area contributed by atoms with Gasteiger partial charge in [0.1, 0.15) is 4.88 Å². The number of ether oxygens (including phenoxy) is 1. The highest BCUT2D eigenvalue weighted by Gasteiger charge is 2.27. The van der Waals surface area contributed by atoms with Crippen molar-refractivity contribution in [1.82, 2.24) is 4.90 Å². The van der Waals surface area contributed by atoms with Gasteiger partial charge >= 0.3 is 5.97 Å². The van der Waals surface area contributed by atoms with Gasteiger partial charge in [0.05, 0.1) is 12.8 Å². The molecular formula is C16H24N2O3S. The zero-order chi connectivity index (χ0) is 16.5. The number of anilines is 1. The molecule has 1 unspecified atom stereocenters. The Hall–Kier alpha value is -1.56. The molecule has 6 heteroatoms. The molecule has 1 atom stereocenters. The molecule has 2 rings (SSSR count). The lowest BCUT2D eigenvalue weighted by atomic mass is 9.94. The van der Waals surface area contributed by atoms with Crippen LogP contribution in [0.1, 0.15) is 48.2 Å². The Kier molecular flexibility index (Phi) is 4.80. The van der Waals surface area contributed by atoms with Crippen LogP contribution in [0.25, 0.3) is 0 Å². The summed E-state index contributed by atoms with van der Waals surface area (Å²) in [5.74, 6) is -0.197. The van der Waals surface area contributed by atoms with E-state index in [9.17, 15) is 9.59 Å². The summed E-state index contributed by atoms with van der Waals surface area (Å²) < 4.78 is 4.89. The maximum absolute atomic E-state index is 12.0. The van der Waals surface area contributed by atoms with Crippen molar-refractivity contribution in [3.8, 4) is 0 Å². The molecule has 1 aromatic heterocycles. The summed E-state index contributed by atoms with van der Waals surface area (Å²) in [6.07, 6.45) is 1.33. The van der Waals surface area contributed by atoms with Crippen molar-refractivity contribution in [1.29, 1.82) is 0 Å². The smallest absolute Gasteiger partial charge is 0.350 e. The van der Waals surface area contributed by atoms with Gasteiger partial charge in [-0.15, -0.1) is 11.3 Å². The van der Waals surface area contributed by atoms with Crippen LogP contribution in [-0.4, -0.2) is 43.5 Å². The topological polar surface area (TPSA) is 58.6 Å². The van der Waals surface area contributed by atoms with Gasteiger partial charge in [0, 0.05) is 30.9 Å². The summed E-state index contributed by atoms with van der Waals surface area (Å²) in [7, 11) is 3.21. The minimum Gasteiger partial charge on any atom is -0.465 e. The lowest BCUT2D eigenvalue weighted by Gasteiger charge is -2.29. The van der Waals surface area contributed by atoms with Crippen molar-refractivity contribution in [2.24, 2.45) is 0 Å². The number of methoxy groups -OCH3 is 1. The number of likely N-dealkylation sites (tertiary alicyclic amines) is 1. The van der Waals surface area contributed by atoms with Crippen LogP contribution in [0.3, 0.4) is 0 Å². The van der Waals surface area contributed by atoms with Crippen LogP contribution in [0.4, 0.5) is 5.69 Å². The van der Waals surface area contributed by atoms with E-state index in [0.29, 0.717) is 11.3 Å².